The molecule has 19 heavy (non-hydrogen) atoms. The molecule has 0 radical (unpaired) electrons. The van der Waals surface area contributed by atoms with Crippen molar-refractivity contribution in [3.8, 4) is 0 Å². The normalized spacial score (nSPS) is 16.9. The van der Waals surface area contributed by atoms with Crippen LogP contribution in [0.3, 0.4) is 0 Å². The Kier molecular flexibility index (Phi) is 3.26. The van der Waals surface area contributed by atoms with E-state index in [0.29, 0.717) is 17.2 Å². The molecule has 0 atom stereocenters. The van der Waals surface area contributed by atoms with Gasteiger partial charge in [0.25, 0.3) is 0 Å². The summed E-state index contributed by atoms with van der Waals surface area (Å²) in [5.74, 6) is 0.914. The number of piperazine rings is 1. The lowest BCUT2D eigenvalue weighted by Gasteiger charge is -2.35. The highest BCUT2D eigenvalue weighted by Gasteiger charge is 2.20. The number of hydrogen-bond donors (Lipinski definition) is 2. The van der Waals surface area contributed by atoms with Gasteiger partial charge in [0.2, 0.25) is 0 Å². The monoisotopic (exact) mass is 277 g/mol. The summed E-state index contributed by atoms with van der Waals surface area (Å²) in [7, 11) is 0. The lowest BCUT2D eigenvalue weighted by molar-refractivity contribution is 0.292. The Bertz CT molecular complexity index is 587. The number of aromatic nitrogens is 4. The van der Waals surface area contributed by atoms with Crippen molar-refractivity contribution in [2.75, 3.05) is 37.6 Å². The molecule has 1 fully saturated rings. The van der Waals surface area contributed by atoms with Crippen molar-refractivity contribution in [1.82, 2.24) is 24.8 Å². The van der Waals surface area contributed by atoms with Gasteiger partial charge in [-0.15, -0.1) is 0 Å². The highest BCUT2D eigenvalue weighted by atomic mass is 32.1. The van der Waals surface area contributed by atoms with E-state index in [2.05, 4.69) is 29.7 Å². The lowest BCUT2D eigenvalue weighted by Crippen LogP contribution is -2.48. The maximum atomic E-state index is 5.57. The predicted octanol–water partition coefficient (Wildman–Crippen LogP) is -0.239. The van der Waals surface area contributed by atoms with Gasteiger partial charge in [0.05, 0.1) is 11.3 Å². The molecule has 0 aliphatic carbocycles. The van der Waals surface area contributed by atoms with Crippen LogP contribution in [0, 0.1) is 0 Å². The molecular formula is C11H15N7S. The van der Waals surface area contributed by atoms with Crippen molar-refractivity contribution >= 4 is 34.2 Å². The van der Waals surface area contributed by atoms with Gasteiger partial charge in [-0.2, -0.15) is 0 Å². The van der Waals surface area contributed by atoms with E-state index in [4.69, 9.17) is 18.0 Å². The van der Waals surface area contributed by atoms with Crippen LogP contribution in [0.5, 0.6) is 0 Å². The molecule has 2 aromatic rings. The highest BCUT2D eigenvalue weighted by molar-refractivity contribution is 7.80. The van der Waals surface area contributed by atoms with E-state index >= 15 is 0 Å². The average molecular weight is 277 g/mol. The molecule has 0 amide bonds. The lowest BCUT2D eigenvalue weighted by atomic mass is 10.3. The highest BCUT2D eigenvalue weighted by Crippen LogP contribution is 2.20. The number of nitrogens with zero attached hydrogens (tertiary/aromatic N) is 5. The number of aromatic amines is 1. The van der Waals surface area contributed by atoms with E-state index in [1.807, 2.05) is 0 Å². The fraction of sp³-hybridized carbons (Fsp3) is 0.455. The molecule has 100 valence electrons. The summed E-state index contributed by atoms with van der Waals surface area (Å²) < 4.78 is 0. The van der Waals surface area contributed by atoms with Gasteiger partial charge in [-0.1, -0.05) is 12.2 Å². The summed E-state index contributed by atoms with van der Waals surface area (Å²) in [5.41, 5.74) is 7.17. The van der Waals surface area contributed by atoms with Crippen LogP contribution >= 0.6 is 12.2 Å². The smallest absolute Gasteiger partial charge is 0.182 e. The molecule has 0 bridgehead atoms. The van der Waals surface area contributed by atoms with Crippen molar-refractivity contribution in [2.45, 2.75) is 0 Å². The zero-order valence-corrected chi connectivity index (χ0v) is 11.2. The molecule has 8 heteroatoms. The minimum Gasteiger partial charge on any atom is -0.392 e. The summed E-state index contributed by atoms with van der Waals surface area (Å²) >= 11 is 4.94. The number of anilines is 1. The minimum absolute atomic E-state index is 0.548. The molecule has 0 saturated carbocycles. The molecule has 7 nitrogen and oxygen atoms in total. The Hall–Kier alpha value is -1.80. The van der Waals surface area contributed by atoms with E-state index in [1.165, 1.54) is 0 Å². The number of nitrogens with two attached hydrogens (primary N) is 1. The van der Waals surface area contributed by atoms with Crippen LogP contribution < -0.4 is 10.6 Å². The molecule has 2 aromatic heterocycles. The van der Waals surface area contributed by atoms with Crippen molar-refractivity contribution in [1.29, 1.82) is 0 Å². The second-order valence-electron chi connectivity index (χ2n) is 4.53. The number of imidazole rings is 1. The maximum Gasteiger partial charge on any atom is 0.182 e. The molecule has 1 aliphatic heterocycles. The molecule has 3 heterocycles. The van der Waals surface area contributed by atoms with Gasteiger partial charge in [-0.05, 0) is 0 Å². The molecule has 0 unspecified atom stereocenters. The van der Waals surface area contributed by atoms with E-state index < -0.39 is 0 Å². The third-order valence-corrected chi connectivity index (χ3v) is 3.38. The van der Waals surface area contributed by atoms with Crippen LogP contribution in [0.25, 0.3) is 11.2 Å². The summed E-state index contributed by atoms with van der Waals surface area (Å²) in [6.45, 7) is 4.34. The first kappa shape index (κ1) is 12.2. The third-order valence-electron chi connectivity index (χ3n) is 3.25. The van der Waals surface area contributed by atoms with Crippen LogP contribution in [0.4, 0.5) is 5.82 Å². The molecule has 3 N–H and O–H groups in total. The third kappa shape index (κ3) is 2.49. The topological polar surface area (TPSA) is 87.0 Å². The summed E-state index contributed by atoms with van der Waals surface area (Å²) in [5, 5.41) is 0. The van der Waals surface area contributed by atoms with Crippen molar-refractivity contribution in [2.24, 2.45) is 5.73 Å². The summed E-state index contributed by atoms with van der Waals surface area (Å²) in [4.78, 5) is 20.8. The quantitative estimate of drug-likeness (QED) is 0.749. The first-order valence-corrected chi connectivity index (χ1v) is 6.54. The van der Waals surface area contributed by atoms with Crippen molar-refractivity contribution in [3.63, 3.8) is 0 Å². The molecular weight excluding hydrogens is 262 g/mol. The Labute approximate surface area is 115 Å². The number of fused-ring (bicyclic) bond motifs is 1. The second kappa shape index (κ2) is 5.06. The second-order valence-corrected chi connectivity index (χ2v) is 5.05. The zero-order chi connectivity index (χ0) is 13.2. The number of thiocarbonyl (C=S) groups is 1. The maximum absolute atomic E-state index is 5.57. The van der Waals surface area contributed by atoms with E-state index in [1.54, 1.807) is 12.7 Å². The Morgan fingerprint density at radius 1 is 1.26 bits per heavy atom. The van der Waals surface area contributed by atoms with E-state index in [-0.39, 0.29) is 0 Å². The predicted molar refractivity (Wildman–Crippen MR) is 77.1 cm³/mol. The minimum atomic E-state index is 0.548. The van der Waals surface area contributed by atoms with Crippen LogP contribution in [0.1, 0.15) is 0 Å². The van der Waals surface area contributed by atoms with Gasteiger partial charge >= 0.3 is 0 Å². The molecule has 1 saturated heterocycles. The number of rotatable bonds is 3. The largest absolute Gasteiger partial charge is 0.392 e. The van der Waals surface area contributed by atoms with Gasteiger partial charge < -0.3 is 15.6 Å². The number of nitrogens with one attached hydrogen (secondary N) is 1. The Morgan fingerprint density at radius 3 is 2.79 bits per heavy atom. The number of hydrogen-bond acceptors (Lipinski definition) is 6. The average Bonchev–Trinajstić information content (AvgIpc) is 2.87. The van der Waals surface area contributed by atoms with Crippen LogP contribution in [0.15, 0.2) is 12.7 Å². The van der Waals surface area contributed by atoms with Gasteiger partial charge in [-0.25, -0.2) is 15.0 Å². The fourth-order valence-electron chi connectivity index (χ4n) is 2.33. The molecule has 0 aromatic carbocycles. The number of H-pyrrole nitrogens is 1. The SMILES string of the molecule is NC(=S)CN1CCN(c2ncnc3nc[nH]c23)CC1. The Morgan fingerprint density at radius 2 is 2.05 bits per heavy atom. The van der Waals surface area contributed by atoms with Crippen molar-refractivity contribution < 1.29 is 0 Å². The molecule has 0 spiro atoms. The zero-order valence-electron chi connectivity index (χ0n) is 10.4. The van der Waals surface area contributed by atoms with Gasteiger partial charge in [0.1, 0.15) is 11.8 Å². The first-order valence-electron chi connectivity index (χ1n) is 6.14. The summed E-state index contributed by atoms with van der Waals surface area (Å²) in [6, 6.07) is 0. The van der Waals surface area contributed by atoms with Gasteiger partial charge in [-0.3, -0.25) is 4.90 Å². The Balaban J connectivity index is 1.75. The van der Waals surface area contributed by atoms with E-state index in [0.717, 1.165) is 37.5 Å². The van der Waals surface area contributed by atoms with Crippen LogP contribution in [-0.4, -0.2) is 62.5 Å². The van der Waals surface area contributed by atoms with Crippen LogP contribution in [-0.2, 0) is 0 Å². The van der Waals surface area contributed by atoms with E-state index in [9.17, 15) is 0 Å². The van der Waals surface area contributed by atoms with Gasteiger partial charge in [0.15, 0.2) is 11.5 Å². The summed E-state index contributed by atoms with van der Waals surface area (Å²) in [6.07, 6.45) is 3.20. The molecule has 1 aliphatic rings. The van der Waals surface area contributed by atoms with Crippen molar-refractivity contribution in [3.05, 3.63) is 12.7 Å². The van der Waals surface area contributed by atoms with Gasteiger partial charge in [0, 0.05) is 32.7 Å². The first-order chi connectivity index (χ1) is 9.24. The standard InChI is InChI=1S/C11H15N7S/c12-8(19)5-17-1-3-18(4-2-17)11-9-10(14-6-13-9)15-7-16-11/h6-7H,1-5H2,(H2,12,19)(H,13,14,15,16). The van der Waals surface area contributed by atoms with Crippen LogP contribution in [0.2, 0.25) is 0 Å². The molecule has 3 rings (SSSR count). The fourth-order valence-corrected chi connectivity index (χ4v) is 2.51.